The van der Waals surface area contributed by atoms with Gasteiger partial charge in [0.25, 0.3) is 0 Å². The van der Waals surface area contributed by atoms with Crippen molar-refractivity contribution in [3.63, 3.8) is 0 Å². The fraction of sp³-hybridized carbons (Fsp3) is 0.667. The van der Waals surface area contributed by atoms with E-state index in [1.807, 2.05) is 5.38 Å². The van der Waals surface area contributed by atoms with E-state index in [1.54, 1.807) is 6.92 Å². The molecule has 2 heterocycles. The van der Waals surface area contributed by atoms with Crippen LogP contribution in [0, 0.1) is 0 Å². The summed E-state index contributed by atoms with van der Waals surface area (Å²) < 4.78 is 4.98. The number of H-pyrrole nitrogens is 1. The predicted molar refractivity (Wildman–Crippen MR) is 135 cm³/mol. The molecule has 0 aromatic carbocycles. The normalized spacial score (nSPS) is 17.8. The van der Waals surface area contributed by atoms with Gasteiger partial charge in [-0.15, -0.1) is 11.3 Å². The second kappa shape index (κ2) is 12.6. The molecule has 4 rings (SSSR count). The first-order valence-corrected chi connectivity index (χ1v) is 14.4. The highest BCUT2D eigenvalue weighted by molar-refractivity contribution is 7.98. The smallest absolute Gasteiger partial charge is 0.356 e. The summed E-state index contributed by atoms with van der Waals surface area (Å²) in [4.78, 5) is 39.3. The third-order valence-electron chi connectivity index (χ3n) is 6.59. The van der Waals surface area contributed by atoms with Gasteiger partial charge in [-0.25, -0.2) is 19.6 Å². The number of esters is 1. The molecule has 34 heavy (non-hydrogen) atoms. The first-order chi connectivity index (χ1) is 16.6. The lowest BCUT2D eigenvalue weighted by Crippen LogP contribution is -2.49. The molecule has 8 nitrogen and oxygen atoms in total. The molecule has 2 N–H and O–H groups in total. The number of urea groups is 1. The fourth-order valence-electron chi connectivity index (χ4n) is 4.94. The topological polar surface area (TPSA) is 100 Å². The number of anilines is 1. The van der Waals surface area contributed by atoms with Gasteiger partial charge in [0.15, 0.2) is 10.3 Å². The maximum absolute atomic E-state index is 13.4. The largest absolute Gasteiger partial charge is 0.461 e. The van der Waals surface area contributed by atoms with E-state index in [9.17, 15) is 9.59 Å². The number of ether oxygens (including phenoxy) is 1. The number of imidazole rings is 1. The van der Waals surface area contributed by atoms with Gasteiger partial charge in [-0.2, -0.15) is 0 Å². The van der Waals surface area contributed by atoms with E-state index >= 15 is 0 Å². The number of thiazole rings is 1. The summed E-state index contributed by atoms with van der Waals surface area (Å²) in [6.45, 7) is 2.10. The van der Waals surface area contributed by atoms with Crippen molar-refractivity contribution in [1.29, 1.82) is 0 Å². The molecule has 186 valence electrons. The molecule has 2 aliphatic carbocycles. The number of thioether (sulfide) groups is 1. The Balaban J connectivity index is 1.35. The van der Waals surface area contributed by atoms with Crippen LogP contribution in [0.3, 0.4) is 0 Å². The van der Waals surface area contributed by atoms with E-state index < -0.39 is 5.97 Å². The summed E-state index contributed by atoms with van der Waals surface area (Å²) in [6.07, 6.45) is 14.6. The lowest BCUT2D eigenvalue weighted by Gasteiger charge is -2.39. The molecule has 0 saturated heterocycles. The number of nitrogens with zero attached hydrogens (tertiary/aromatic N) is 3. The van der Waals surface area contributed by atoms with E-state index in [2.05, 4.69) is 25.2 Å². The second-order valence-corrected chi connectivity index (χ2v) is 10.9. The number of aromatic amines is 1. The quantitative estimate of drug-likeness (QED) is 0.251. The number of nitrogens with one attached hydrogen (secondary N) is 2. The van der Waals surface area contributed by atoms with E-state index in [0.717, 1.165) is 31.4 Å². The third kappa shape index (κ3) is 6.75. The highest BCUT2D eigenvalue weighted by Crippen LogP contribution is 2.31. The maximum Gasteiger partial charge on any atom is 0.356 e. The molecule has 0 spiro atoms. The summed E-state index contributed by atoms with van der Waals surface area (Å²) in [7, 11) is 0. The lowest BCUT2D eigenvalue weighted by atomic mass is 9.92. The molecular weight excluding hydrogens is 470 g/mol. The Morgan fingerprint density at radius 2 is 1.76 bits per heavy atom. The standard InChI is InChI=1S/C24H35N5O3S2/c1-2-32-21(30)20-14-25-22(27-20)33-15-17-16-34-23(26-17)28-24(31)29(19-12-8-5-9-13-19)18-10-6-3-4-7-11-18/h14,16,18-19H,2-13,15H2,1H3,(H,25,27)(H,26,28,31). The van der Waals surface area contributed by atoms with Crippen molar-refractivity contribution in [2.45, 2.75) is 101 Å². The number of amides is 2. The Bertz CT molecular complexity index is 933. The minimum absolute atomic E-state index is 0.0115. The molecule has 2 fully saturated rings. The van der Waals surface area contributed by atoms with Gasteiger partial charge in [0.2, 0.25) is 0 Å². The van der Waals surface area contributed by atoms with Crippen LogP contribution < -0.4 is 5.32 Å². The van der Waals surface area contributed by atoms with E-state index in [4.69, 9.17) is 4.74 Å². The summed E-state index contributed by atoms with van der Waals surface area (Å²) >= 11 is 2.92. The van der Waals surface area contributed by atoms with E-state index in [0.29, 0.717) is 40.4 Å². The van der Waals surface area contributed by atoms with Gasteiger partial charge < -0.3 is 14.6 Å². The second-order valence-electron chi connectivity index (χ2n) is 9.03. The van der Waals surface area contributed by atoms with Crippen LogP contribution in [0.1, 0.15) is 93.7 Å². The average Bonchev–Trinajstić information content (AvgIpc) is 3.42. The molecule has 0 unspecified atom stereocenters. The number of carbonyl (C=O) groups excluding carboxylic acids is 2. The van der Waals surface area contributed by atoms with Crippen molar-refractivity contribution in [3.8, 4) is 0 Å². The van der Waals surface area contributed by atoms with Crippen LogP contribution in [0.15, 0.2) is 16.7 Å². The lowest BCUT2D eigenvalue weighted by molar-refractivity contribution is 0.0519. The number of carbonyl (C=O) groups is 2. The summed E-state index contributed by atoms with van der Waals surface area (Å²) in [5, 5.41) is 6.35. The van der Waals surface area contributed by atoms with Crippen molar-refractivity contribution in [3.05, 3.63) is 23.0 Å². The number of hydrogen-bond acceptors (Lipinski definition) is 7. The van der Waals surface area contributed by atoms with Gasteiger partial charge in [0, 0.05) is 23.2 Å². The predicted octanol–water partition coefficient (Wildman–Crippen LogP) is 6.22. The molecule has 2 aromatic rings. The minimum Gasteiger partial charge on any atom is -0.461 e. The average molecular weight is 506 g/mol. The Kier molecular flexibility index (Phi) is 9.26. The van der Waals surface area contributed by atoms with Gasteiger partial charge in [-0.05, 0) is 32.6 Å². The molecule has 0 bridgehead atoms. The van der Waals surface area contributed by atoms with Crippen LogP contribution in [-0.4, -0.2) is 50.5 Å². The number of hydrogen-bond donors (Lipinski definition) is 2. The number of aromatic nitrogens is 3. The molecule has 0 atom stereocenters. The summed E-state index contributed by atoms with van der Waals surface area (Å²) in [6, 6.07) is 0.699. The highest BCUT2D eigenvalue weighted by Gasteiger charge is 2.32. The Morgan fingerprint density at radius 1 is 1.12 bits per heavy atom. The monoisotopic (exact) mass is 505 g/mol. The molecule has 2 saturated carbocycles. The first kappa shape index (κ1) is 25.0. The van der Waals surface area contributed by atoms with Gasteiger partial charge in [0.1, 0.15) is 5.69 Å². The zero-order valence-electron chi connectivity index (χ0n) is 19.9. The Morgan fingerprint density at radius 3 is 2.41 bits per heavy atom. The maximum atomic E-state index is 13.4. The SMILES string of the molecule is CCOC(=O)c1cnc(SCc2csc(NC(=O)N(C3CCCCCC3)C3CCCCC3)n2)[nH]1. The van der Waals surface area contributed by atoms with E-state index in [1.165, 1.54) is 74.2 Å². The third-order valence-corrected chi connectivity index (χ3v) is 8.32. The van der Waals surface area contributed by atoms with Crippen LogP contribution in [0.25, 0.3) is 0 Å². The Labute approximate surface area is 209 Å². The van der Waals surface area contributed by atoms with Crippen molar-refractivity contribution in [2.75, 3.05) is 11.9 Å². The highest BCUT2D eigenvalue weighted by atomic mass is 32.2. The van der Waals surface area contributed by atoms with Crippen LogP contribution in [0.2, 0.25) is 0 Å². The minimum atomic E-state index is -0.406. The molecule has 2 amide bonds. The van der Waals surface area contributed by atoms with Crippen molar-refractivity contribution in [1.82, 2.24) is 19.9 Å². The number of rotatable bonds is 8. The molecule has 10 heteroatoms. The van der Waals surface area contributed by atoms with Crippen LogP contribution >= 0.6 is 23.1 Å². The van der Waals surface area contributed by atoms with Crippen LogP contribution in [-0.2, 0) is 10.5 Å². The van der Waals surface area contributed by atoms with E-state index in [-0.39, 0.29) is 6.03 Å². The Hall–Kier alpha value is -2.07. The molecule has 2 aliphatic rings. The van der Waals surface area contributed by atoms with Gasteiger partial charge in [-0.1, -0.05) is 56.7 Å². The zero-order chi connectivity index (χ0) is 23.8. The molecule has 0 radical (unpaired) electrons. The van der Waals surface area contributed by atoms with Gasteiger partial charge in [-0.3, -0.25) is 5.32 Å². The summed E-state index contributed by atoms with van der Waals surface area (Å²) in [5.41, 5.74) is 1.22. The van der Waals surface area contributed by atoms with Crippen molar-refractivity contribution < 1.29 is 14.3 Å². The van der Waals surface area contributed by atoms with Gasteiger partial charge >= 0.3 is 12.0 Å². The molecular formula is C24H35N5O3S2. The molecule has 0 aliphatic heterocycles. The van der Waals surface area contributed by atoms with Crippen LogP contribution in [0.4, 0.5) is 9.93 Å². The fourth-order valence-corrected chi connectivity index (χ4v) is 6.49. The summed E-state index contributed by atoms with van der Waals surface area (Å²) in [5.74, 6) is 0.189. The zero-order valence-corrected chi connectivity index (χ0v) is 21.5. The molecule has 2 aromatic heterocycles. The first-order valence-electron chi connectivity index (χ1n) is 12.5. The van der Waals surface area contributed by atoms with Crippen molar-refractivity contribution in [2.24, 2.45) is 0 Å². The van der Waals surface area contributed by atoms with Crippen LogP contribution in [0.5, 0.6) is 0 Å². The van der Waals surface area contributed by atoms with Crippen molar-refractivity contribution >= 4 is 40.2 Å². The van der Waals surface area contributed by atoms with Gasteiger partial charge in [0.05, 0.1) is 18.5 Å².